The molecule has 2 aromatic carbocycles. The molecule has 3 rings (SSSR count). The highest BCUT2D eigenvalue weighted by atomic mass is 19.2. The van der Waals surface area contributed by atoms with Crippen LogP contribution in [0.15, 0.2) is 54.7 Å². The van der Waals surface area contributed by atoms with Gasteiger partial charge in [0.15, 0.2) is 23.2 Å². The van der Waals surface area contributed by atoms with E-state index in [4.69, 9.17) is 4.74 Å². The lowest BCUT2D eigenvalue weighted by atomic mass is 9.98. The maximum atomic E-state index is 14.7. The topological polar surface area (TPSA) is 22.1 Å². The second kappa shape index (κ2) is 8.90. The first-order valence-corrected chi connectivity index (χ1v) is 9.13. The van der Waals surface area contributed by atoms with E-state index in [0.29, 0.717) is 12.0 Å². The number of rotatable bonds is 6. The van der Waals surface area contributed by atoms with Crippen LogP contribution in [-0.2, 0) is 6.42 Å². The molecule has 0 spiro atoms. The lowest BCUT2D eigenvalue weighted by Crippen LogP contribution is -2.01. The number of ether oxygens (including phenoxy) is 1. The molecule has 0 saturated carbocycles. The van der Waals surface area contributed by atoms with E-state index in [-0.39, 0.29) is 29.0 Å². The van der Waals surface area contributed by atoms with E-state index in [9.17, 15) is 17.6 Å². The number of aromatic nitrogens is 1. The van der Waals surface area contributed by atoms with Crippen molar-refractivity contribution < 1.29 is 22.3 Å². The van der Waals surface area contributed by atoms with E-state index < -0.39 is 23.3 Å². The maximum Gasteiger partial charge on any atom is 0.201 e. The molecule has 0 amide bonds. The van der Waals surface area contributed by atoms with Gasteiger partial charge in [0.25, 0.3) is 0 Å². The molecule has 0 fully saturated rings. The van der Waals surface area contributed by atoms with E-state index in [0.717, 1.165) is 5.69 Å². The Morgan fingerprint density at radius 3 is 2.07 bits per heavy atom. The molecule has 0 N–H and O–H groups in total. The van der Waals surface area contributed by atoms with Crippen LogP contribution >= 0.6 is 0 Å². The molecule has 150 valence electrons. The normalized spacial score (nSPS) is 11.2. The predicted octanol–water partition coefficient (Wildman–Crippen LogP) is 6.49. The zero-order chi connectivity index (χ0) is 21.0. The predicted molar refractivity (Wildman–Crippen MR) is 105 cm³/mol. The van der Waals surface area contributed by atoms with E-state index in [1.54, 1.807) is 19.1 Å². The van der Waals surface area contributed by atoms with Crippen molar-refractivity contribution in [3.8, 4) is 28.0 Å². The van der Waals surface area contributed by atoms with Gasteiger partial charge in [0.1, 0.15) is 0 Å². The smallest absolute Gasteiger partial charge is 0.201 e. The quantitative estimate of drug-likeness (QED) is 0.348. The Bertz CT molecular complexity index is 1050. The van der Waals surface area contributed by atoms with Crippen LogP contribution in [0.3, 0.4) is 0 Å². The van der Waals surface area contributed by atoms with Crippen molar-refractivity contribution in [2.45, 2.75) is 20.3 Å². The second-order valence-electron chi connectivity index (χ2n) is 6.27. The van der Waals surface area contributed by atoms with Gasteiger partial charge in [-0.2, -0.15) is 4.39 Å². The van der Waals surface area contributed by atoms with Gasteiger partial charge in [-0.3, -0.25) is 4.98 Å². The van der Waals surface area contributed by atoms with Gasteiger partial charge in [-0.25, -0.2) is 13.2 Å². The maximum absolute atomic E-state index is 14.7. The Kier molecular flexibility index (Phi) is 6.32. The minimum atomic E-state index is -1.29. The Balaban J connectivity index is 1.99. The first kappa shape index (κ1) is 20.6. The van der Waals surface area contributed by atoms with Gasteiger partial charge in [-0.15, -0.1) is 0 Å². The monoisotopic (exact) mass is 401 g/mol. The standard InChI is InChI=1S/C23H19F4NO/c1-3-5-6-15-8-7-14(13-28-15)16-9-10-17(21(25)20(16)24)18-11-12-19(29-4-2)23(27)22(18)26/h3,5,7-13H,4,6H2,1-2H3. The number of benzene rings is 2. The molecule has 0 aliphatic rings. The van der Waals surface area contributed by atoms with Crippen LogP contribution in [0.2, 0.25) is 0 Å². The average molecular weight is 401 g/mol. The summed E-state index contributed by atoms with van der Waals surface area (Å²) in [5.74, 6) is -5.23. The highest BCUT2D eigenvalue weighted by Crippen LogP contribution is 2.35. The number of allylic oxidation sites excluding steroid dienone is 2. The van der Waals surface area contributed by atoms with Crippen LogP contribution in [-0.4, -0.2) is 11.6 Å². The second-order valence-corrected chi connectivity index (χ2v) is 6.27. The number of hydrogen-bond acceptors (Lipinski definition) is 2. The molecule has 0 unspecified atom stereocenters. The summed E-state index contributed by atoms with van der Waals surface area (Å²) < 4.78 is 62.9. The van der Waals surface area contributed by atoms with Gasteiger partial charge < -0.3 is 4.74 Å². The van der Waals surface area contributed by atoms with Crippen LogP contribution in [0.25, 0.3) is 22.3 Å². The molecule has 29 heavy (non-hydrogen) atoms. The van der Waals surface area contributed by atoms with E-state index in [2.05, 4.69) is 4.98 Å². The zero-order valence-corrected chi connectivity index (χ0v) is 16.0. The van der Waals surface area contributed by atoms with Crippen LogP contribution in [0, 0.1) is 23.3 Å². The van der Waals surface area contributed by atoms with Crippen molar-refractivity contribution in [3.05, 3.63) is 83.7 Å². The van der Waals surface area contributed by atoms with Crippen LogP contribution in [0.4, 0.5) is 17.6 Å². The lowest BCUT2D eigenvalue weighted by Gasteiger charge is -2.12. The molecule has 6 heteroatoms. The molecule has 3 aromatic rings. The average Bonchev–Trinajstić information content (AvgIpc) is 2.73. The molecule has 0 aliphatic carbocycles. The van der Waals surface area contributed by atoms with Crippen molar-refractivity contribution in [3.63, 3.8) is 0 Å². The zero-order valence-electron chi connectivity index (χ0n) is 16.0. The summed E-state index contributed by atoms with van der Waals surface area (Å²) in [4.78, 5) is 4.23. The van der Waals surface area contributed by atoms with Crippen LogP contribution in [0.5, 0.6) is 5.75 Å². The first-order valence-electron chi connectivity index (χ1n) is 9.13. The van der Waals surface area contributed by atoms with Gasteiger partial charge in [0.05, 0.1) is 6.61 Å². The summed E-state index contributed by atoms with van der Waals surface area (Å²) >= 11 is 0. The number of nitrogens with zero attached hydrogens (tertiary/aromatic N) is 1. The van der Waals surface area contributed by atoms with E-state index in [1.165, 1.54) is 30.5 Å². The lowest BCUT2D eigenvalue weighted by molar-refractivity contribution is 0.314. The molecule has 0 aliphatic heterocycles. The third kappa shape index (κ3) is 4.16. The fraction of sp³-hybridized carbons (Fsp3) is 0.174. The fourth-order valence-electron chi connectivity index (χ4n) is 2.93. The minimum absolute atomic E-state index is 0.0110. The van der Waals surface area contributed by atoms with Gasteiger partial charge in [0.2, 0.25) is 5.82 Å². The van der Waals surface area contributed by atoms with Gasteiger partial charge in [-0.1, -0.05) is 30.4 Å². The van der Waals surface area contributed by atoms with E-state index in [1.807, 2.05) is 19.1 Å². The van der Waals surface area contributed by atoms with Crippen LogP contribution < -0.4 is 4.74 Å². The molecule has 0 atom stereocenters. The van der Waals surface area contributed by atoms with Gasteiger partial charge in [-0.05, 0) is 32.0 Å². The molecular formula is C23H19F4NO. The van der Waals surface area contributed by atoms with Gasteiger partial charge in [0, 0.05) is 40.6 Å². The molecule has 2 nitrogen and oxygen atoms in total. The Morgan fingerprint density at radius 1 is 0.828 bits per heavy atom. The third-order valence-electron chi connectivity index (χ3n) is 4.42. The van der Waals surface area contributed by atoms with Crippen LogP contribution in [0.1, 0.15) is 19.5 Å². The minimum Gasteiger partial charge on any atom is -0.491 e. The highest BCUT2D eigenvalue weighted by Gasteiger charge is 2.21. The number of halogens is 4. The highest BCUT2D eigenvalue weighted by molar-refractivity contribution is 5.72. The molecule has 1 heterocycles. The summed E-state index contributed by atoms with van der Waals surface area (Å²) in [6.45, 7) is 3.67. The summed E-state index contributed by atoms with van der Waals surface area (Å²) in [6, 6.07) is 8.26. The Hall–Kier alpha value is -3.15. The molecule has 1 aromatic heterocycles. The summed E-state index contributed by atoms with van der Waals surface area (Å²) in [5, 5.41) is 0. The molecule has 0 saturated heterocycles. The van der Waals surface area contributed by atoms with Gasteiger partial charge >= 0.3 is 0 Å². The molecule has 0 bridgehead atoms. The third-order valence-corrected chi connectivity index (χ3v) is 4.42. The number of pyridine rings is 1. The van der Waals surface area contributed by atoms with Crippen molar-refractivity contribution in [2.24, 2.45) is 0 Å². The molecule has 0 radical (unpaired) electrons. The van der Waals surface area contributed by atoms with Crippen molar-refractivity contribution in [1.29, 1.82) is 0 Å². The Morgan fingerprint density at radius 2 is 1.45 bits per heavy atom. The summed E-state index contributed by atoms with van der Waals surface area (Å²) in [7, 11) is 0. The van der Waals surface area contributed by atoms with Crippen molar-refractivity contribution in [2.75, 3.05) is 6.61 Å². The SMILES string of the molecule is CC=CCc1ccc(-c2ccc(-c3ccc(OCC)c(F)c3F)c(F)c2F)cn1. The largest absolute Gasteiger partial charge is 0.491 e. The van der Waals surface area contributed by atoms with Crippen molar-refractivity contribution in [1.82, 2.24) is 4.98 Å². The van der Waals surface area contributed by atoms with Crippen molar-refractivity contribution >= 4 is 0 Å². The summed E-state index contributed by atoms with van der Waals surface area (Å²) in [5.41, 5.74) is 0.409. The van der Waals surface area contributed by atoms with E-state index >= 15 is 0 Å². The first-order chi connectivity index (χ1) is 14.0. The number of hydrogen-bond donors (Lipinski definition) is 0. The molecular weight excluding hydrogens is 382 g/mol. The Labute approximate surface area is 166 Å². The fourth-order valence-corrected chi connectivity index (χ4v) is 2.93. The summed E-state index contributed by atoms with van der Waals surface area (Å²) in [6.07, 6.45) is 5.91.